The summed E-state index contributed by atoms with van der Waals surface area (Å²) in [6.07, 6.45) is 8.00. The number of nitrogens with zero attached hydrogens (tertiary/aromatic N) is 1. The number of methoxy groups -OCH3 is 2. The average molecular weight is 482 g/mol. The largest absolute Gasteiger partial charge is 0.493 e. The third-order valence-corrected chi connectivity index (χ3v) is 12.1. The highest BCUT2D eigenvalue weighted by Crippen LogP contribution is 2.78. The Kier molecular flexibility index (Phi) is 4.42. The van der Waals surface area contributed by atoms with Crippen LogP contribution in [0.25, 0.3) is 0 Å². The van der Waals surface area contributed by atoms with E-state index in [9.17, 15) is 5.11 Å². The summed E-state index contributed by atoms with van der Waals surface area (Å²) in [5.74, 6) is 2.71. The van der Waals surface area contributed by atoms with Crippen molar-refractivity contribution < 1.29 is 19.3 Å². The summed E-state index contributed by atoms with van der Waals surface area (Å²) in [7, 11) is 3.63. The van der Waals surface area contributed by atoms with Gasteiger partial charge in [-0.25, -0.2) is 0 Å². The molecule has 35 heavy (non-hydrogen) atoms. The second-order valence-electron chi connectivity index (χ2n) is 14.0. The Labute approximate surface area is 210 Å². The Morgan fingerprint density at radius 2 is 1.89 bits per heavy atom. The van der Waals surface area contributed by atoms with Gasteiger partial charge in [-0.05, 0) is 81.4 Å². The average Bonchev–Trinajstić information content (AvgIpc) is 3.56. The molecule has 2 heterocycles. The van der Waals surface area contributed by atoms with Gasteiger partial charge in [-0.2, -0.15) is 0 Å². The first-order valence-corrected chi connectivity index (χ1v) is 13.9. The van der Waals surface area contributed by atoms with Crippen LogP contribution in [0.5, 0.6) is 11.5 Å². The number of hydrogen-bond acceptors (Lipinski definition) is 5. The summed E-state index contributed by atoms with van der Waals surface area (Å²) in [6.45, 7) is 11.0. The number of rotatable bonds is 5. The molecule has 192 valence electrons. The molecule has 0 radical (unpaired) electrons. The lowest BCUT2D eigenvalue weighted by molar-refractivity contribution is -0.312. The molecule has 7 aliphatic rings. The van der Waals surface area contributed by atoms with Gasteiger partial charge in [0.05, 0.1) is 12.7 Å². The molecule has 0 aromatic heterocycles. The van der Waals surface area contributed by atoms with Crippen LogP contribution in [-0.2, 0) is 16.6 Å². The fraction of sp³-hybridized carbons (Fsp3) is 0.800. The smallest absolute Gasteiger partial charge is 0.165 e. The normalized spacial score (nSPS) is 42.9. The van der Waals surface area contributed by atoms with E-state index in [1.165, 1.54) is 30.5 Å². The lowest BCUT2D eigenvalue weighted by atomic mass is 9.33. The van der Waals surface area contributed by atoms with Gasteiger partial charge in [-0.15, -0.1) is 0 Å². The van der Waals surface area contributed by atoms with Crippen molar-refractivity contribution >= 4 is 0 Å². The molecule has 1 N–H and O–H groups in total. The number of benzene rings is 1. The second-order valence-corrected chi connectivity index (χ2v) is 14.0. The van der Waals surface area contributed by atoms with E-state index in [0.717, 1.165) is 56.1 Å². The van der Waals surface area contributed by atoms with Crippen molar-refractivity contribution in [3.63, 3.8) is 0 Å². The van der Waals surface area contributed by atoms with Gasteiger partial charge in [0.2, 0.25) is 0 Å². The highest BCUT2D eigenvalue weighted by molar-refractivity contribution is 5.63. The quantitative estimate of drug-likeness (QED) is 0.660. The molecule has 2 aliphatic heterocycles. The van der Waals surface area contributed by atoms with Crippen molar-refractivity contribution in [1.82, 2.24) is 4.90 Å². The molecule has 4 saturated carbocycles. The zero-order chi connectivity index (χ0) is 24.6. The number of likely N-dealkylation sites (tertiary alicyclic amines) is 1. The van der Waals surface area contributed by atoms with Gasteiger partial charge < -0.3 is 19.3 Å². The van der Waals surface area contributed by atoms with Gasteiger partial charge in [-0.1, -0.05) is 26.8 Å². The summed E-state index contributed by atoms with van der Waals surface area (Å²) in [6, 6.07) is 4.93. The molecular weight excluding hydrogens is 438 g/mol. The number of ether oxygens (including phenoxy) is 3. The van der Waals surface area contributed by atoms with Gasteiger partial charge in [0.1, 0.15) is 11.7 Å². The summed E-state index contributed by atoms with van der Waals surface area (Å²) < 4.78 is 19.6. The van der Waals surface area contributed by atoms with Crippen LogP contribution < -0.4 is 9.47 Å². The summed E-state index contributed by atoms with van der Waals surface area (Å²) >= 11 is 0. The van der Waals surface area contributed by atoms with Crippen molar-refractivity contribution in [3.05, 3.63) is 23.3 Å². The predicted octanol–water partition coefficient (Wildman–Crippen LogP) is 4.72. The van der Waals surface area contributed by atoms with Crippen LogP contribution >= 0.6 is 0 Å². The van der Waals surface area contributed by atoms with Gasteiger partial charge in [0, 0.05) is 42.0 Å². The van der Waals surface area contributed by atoms with Crippen molar-refractivity contribution in [2.45, 2.75) is 101 Å². The minimum atomic E-state index is -0.879. The van der Waals surface area contributed by atoms with Crippen LogP contribution in [0.1, 0.15) is 77.3 Å². The molecule has 5 fully saturated rings. The van der Waals surface area contributed by atoms with E-state index in [-0.39, 0.29) is 28.3 Å². The van der Waals surface area contributed by atoms with Crippen molar-refractivity contribution in [2.24, 2.45) is 22.7 Å². The van der Waals surface area contributed by atoms with E-state index in [0.29, 0.717) is 6.04 Å². The maximum absolute atomic E-state index is 12.3. The molecule has 8 rings (SSSR count). The van der Waals surface area contributed by atoms with Crippen molar-refractivity contribution in [3.8, 4) is 11.5 Å². The lowest BCUT2D eigenvalue weighted by Crippen LogP contribution is -2.83. The summed E-state index contributed by atoms with van der Waals surface area (Å²) in [4.78, 5) is 2.86. The molecule has 7 atom stereocenters. The van der Waals surface area contributed by atoms with E-state index in [4.69, 9.17) is 14.2 Å². The topological polar surface area (TPSA) is 51.2 Å². The highest BCUT2D eigenvalue weighted by atomic mass is 16.6. The van der Waals surface area contributed by atoms with Gasteiger partial charge >= 0.3 is 0 Å². The third kappa shape index (κ3) is 2.47. The minimum absolute atomic E-state index is 0.0112. The molecular formula is C30H43NO4. The number of aliphatic hydroxyl groups is 1. The second kappa shape index (κ2) is 6.76. The molecule has 1 aromatic rings. The van der Waals surface area contributed by atoms with E-state index in [2.05, 4.69) is 44.7 Å². The Bertz CT molecular complexity index is 1070. The SMILES string of the molecule is COc1ccc2c3c1O[C@H]1[C@@]4(OC)CC[C@@]5(C[C@@H]4[C@@](C)(O)C(C)(C)C)[C@@H](C2)N(CC2CC2)CC[C@]315. The minimum Gasteiger partial charge on any atom is -0.493 e. The van der Waals surface area contributed by atoms with E-state index < -0.39 is 11.2 Å². The predicted molar refractivity (Wildman–Crippen MR) is 135 cm³/mol. The Balaban J connectivity index is 1.48. The number of piperidine rings is 1. The van der Waals surface area contributed by atoms with Gasteiger partial charge in [0.25, 0.3) is 0 Å². The molecule has 5 nitrogen and oxygen atoms in total. The van der Waals surface area contributed by atoms with Crippen LogP contribution in [0.3, 0.4) is 0 Å². The van der Waals surface area contributed by atoms with Crippen LogP contribution in [-0.4, -0.2) is 60.7 Å². The molecule has 5 heteroatoms. The fourth-order valence-electron chi connectivity index (χ4n) is 9.73. The Morgan fingerprint density at radius 3 is 2.54 bits per heavy atom. The van der Waals surface area contributed by atoms with Crippen LogP contribution in [0.2, 0.25) is 0 Å². The highest BCUT2D eigenvalue weighted by Gasteiger charge is 2.82. The van der Waals surface area contributed by atoms with E-state index in [1.54, 1.807) is 7.11 Å². The molecule has 1 saturated heterocycles. The van der Waals surface area contributed by atoms with Crippen LogP contribution in [0.4, 0.5) is 0 Å². The summed E-state index contributed by atoms with van der Waals surface area (Å²) in [5.41, 5.74) is 1.26. The van der Waals surface area contributed by atoms with Crippen molar-refractivity contribution in [1.29, 1.82) is 0 Å². The van der Waals surface area contributed by atoms with Crippen molar-refractivity contribution in [2.75, 3.05) is 27.3 Å². The molecule has 0 amide bonds. The Morgan fingerprint density at radius 1 is 1.11 bits per heavy atom. The maximum atomic E-state index is 12.3. The fourth-order valence-corrected chi connectivity index (χ4v) is 9.73. The monoisotopic (exact) mass is 481 g/mol. The first kappa shape index (κ1) is 22.9. The molecule has 5 aliphatic carbocycles. The first-order valence-electron chi connectivity index (χ1n) is 13.9. The summed E-state index contributed by atoms with van der Waals surface area (Å²) in [5, 5.41) is 12.3. The zero-order valence-electron chi connectivity index (χ0n) is 22.4. The van der Waals surface area contributed by atoms with E-state index in [1.807, 2.05) is 7.11 Å². The Hall–Kier alpha value is -1.30. The van der Waals surface area contributed by atoms with Gasteiger partial charge in [0.15, 0.2) is 11.5 Å². The molecule has 1 aromatic carbocycles. The standard InChI is InChI=1S/C30H43NO4/c1-26(2,3)27(4,32)21-16-28-11-12-30(21,34-6)25-29(28)13-14-31(17-18-7-8-18)22(28)15-19-9-10-20(33-5)24(35-25)23(19)29/h9-10,18,21-22,25,32H,7-8,11-17H2,1-6H3/t21-,22-,25-,27-,28-,29+,30-/m1/s1. The molecule has 2 spiro atoms. The van der Waals surface area contributed by atoms with E-state index >= 15 is 0 Å². The third-order valence-electron chi connectivity index (χ3n) is 12.1. The number of hydrogen-bond donors (Lipinski definition) is 1. The molecule has 0 unspecified atom stereocenters. The van der Waals surface area contributed by atoms with Crippen LogP contribution in [0.15, 0.2) is 12.1 Å². The maximum Gasteiger partial charge on any atom is 0.165 e. The lowest BCUT2D eigenvalue weighted by Gasteiger charge is -2.75. The number of fused-ring (bicyclic) bond motifs is 2. The molecule has 4 bridgehead atoms. The zero-order valence-corrected chi connectivity index (χ0v) is 22.4. The van der Waals surface area contributed by atoms with Gasteiger partial charge in [-0.3, -0.25) is 4.90 Å². The first-order chi connectivity index (χ1) is 16.6. The van der Waals surface area contributed by atoms with Crippen LogP contribution in [0, 0.1) is 22.7 Å².